The molecule has 1 N–H and O–H groups in total. The van der Waals surface area contributed by atoms with Crippen LogP contribution in [0.15, 0.2) is 36.5 Å². The molecule has 0 unspecified atom stereocenters. The Morgan fingerprint density at radius 1 is 1.29 bits per heavy atom. The molecule has 0 aliphatic carbocycles. The minimum Gasteiger partial charge on any atom is -0.477 e. The normalized spacial score (nSPS) is 9.29. The number of carbonyl (C=O) groups is 1. The molecule has 0 aliphatic rings. The fourth-order valence-corrected chi connectivity index (χ4v) is 1.85. The highest BCUT2D eigenvalue weighted by molar-refractivity contribution is 7.97. The van der Waals surface area contributed by atoms with Crippen LogP contribution in [0, 0.1) is 0 Å². The van der Waals surface area contributed by atoms with Crippen molar-refractivity contribution in [1.82, 2.24) is 4.98 Å². The summed E-state index contributed by atoms with van der Waals surface area (Å²) in [6.07, 6.45) is 5.47. The number of thioether (sulfide) groups is 1. The number of aromatic carboxylic acids is 1. The second-order valence-electron chi connectivity index (χ2n) is 3.11. The van der Waals surface area contributed by atoms with Crippen molar-refractivity contribution in [3.63, 3.8) is 0 Å². The molecule has 0 saturated carbocycles. The lowest BCUT2D eigenvalue weighted by Gasteiger charge is -1.92. The molecule has 5 heteroatoms. The molecule has 1 aromatic carbocycles. The predicted molar refractivity (Wildman–Crippen MR) is 73.9 cm³/mol. The standard InChI is InChI=1S/C10H7NO2S.C2H6S/c12-10(13)8-6-11-9(14-8)7-4-2-1-3-5-7;1-3-2/h1-6H,(H,12,13);1-2H3. The molecule has 0 spiro atoms. The molecule has 0 saturated heterocycles. The average Bonchev–Trinajstić information content (AvgIpc) is 2.80. The number of carboxylic acids is 1. The van der Waals surface area contributed by atoms with E-state index >= 15 is 0 Å². The molecular formula is C12H13NO2S2. The Balaban J connectivity index is 0.000000437. The molecule has 0 aliphatic heterocycles. The molecule has 0 bridgehead atoms. The second-order valence-corrected chi connectivity index (χ2v) is 4.96. The van der Waals surface area contributed by atoms with Gasteiger partial charge in [-0.25, -0.2) is 9.78 Å². The second kappa shape index (κ2) is 7.09. The number of benzene rings is 1. The van der Waals surface area contributed by atoms with Crippen LogP contribution in [0.4, 0.5) is 0 Å². The van der Waals surface area contributed by atoms with E-state index in [4.69, 9.17) is 5.11 Å². The summed E-state index contributed by atoms with van der Waals surface area (Å²) in [5, 5.41) is 9.45. The fraction of sp³-hybridized carbons (Fsp3) is 0.167. The molecule has 0 amide bonds. The maximum atomic E-state index is 10.6. The Labute approximate surface area is 109 Å². The van der Waals surface area contributed by atoms with Crippen molar-refractivity contribution in [2.45, 2.75) is 0 Å². The van der Waals surface area contributed by atoms with E-state index in [-0.39, 0.29) is 4.88 Å². The van der Waals surface area contributed by atoms with Crippen LogP contribution < -0.4 is 0 Å². The third-order valence-electron chi connectivity index (χ3n) is 1.74. The maximum absolute atomic E-state index is 10.6. The summed E-state index contributed by atoms with van der Waals surface area (Å²) >= 11 is 2.93. The van der Waals surface area contributed by atoms with Gasteiger partial charge in [0, 0.05) is 5.56 Å². The van der Waals surface area contributed by atoms with Gasteiger partial charge in [-0.2, -0.15) is 11.8 Å². The van der Waals surface area contributed by atoms with Crippen LogP contribution in [-0.4, -0.2) is 28.6 Å². The highest BCUT2D eigenvalue weighted by Gasteiger charge is 2.08. The molecule has 1 aromatic heterocycles. The number of nitrogens with zero attached hydrogens (tertiary/aromatic N) is 1. The van der Waals surface area contributed by atoms with Crippen molar-refractivity contribution in [3.05, 3.63) is 41.4 Å². The number of hydrogen-bond donors (Lipinski definition) is 1. The summed E-state index contributed by atoms with van der Waals surface area (Å²) < 4.78 is 0. The van der Waals surface area contributed by atoms with Gasteiger partial charge in [0.25, 0.3) is 0 Å². The first-order chi connectivity index (χ1) is 8.19. The van der Waals surface area contributed by atoms with Gasteiger partial charge >= 0.3 is 5.97 Å². The molecule has 90 valence electrons. The van der Waals surface area contributed by atoms with Crippen molar-refractivity contribution in [2.24, 2.45) is 0 Å². The van der Waals surface area contributed by atoms with Gasteiger partial charge < -0.3 is 5.11 Å². The molecular weight excluding hydrogens is 254 g/mol. The average molecular weight is 267 g/mol. The SMILES string of the molecule is CSC.O=C(O)c1cnc(-c2ccccc2)s1. The highest BCUT2D eigenvalue weighted by Crippen LogP contribution is 2.24. The third kappa shape index (κ3) is 4.20. The van der Waals surface area contributed by atoms with Crippen LogP contribution in [0.5, 0.6) is 0 Å². The summed E-state index contributed by atoms with van der Waals surface area (Å²) in [5.74, 6) is -0.926. The third-order valence-corrected chi connectivity index (χ3v) is 2.77. The number of hydrogen-bond acceptors (Lipinski definition) is 4. The Bertz CT molecular complexity index is 468. The van der Waals surface area contributed by atoms with Crippen LogP contribution in [0.1, 0.15) is 9.67 Å². The van der Waals surface area contributed by atoms with Gasteiger partial charge in [0.05, 0.1) is 6.20 Å². The predicted octanol–water partition coefficient (Wildman–Crippen LogP) is 3.49. The maximum Gasteiger partial charge on any atom is 0.347 e. The Hall–Kier alpha value is -1.33. The quantitative estimate of drug-likeness (QED) is 0.905. The van der Waals surface area contributed by atoms with E-state index in [1.165, 1.54) is 17.5 Å². The number of thiazole rings is 1. The van der Waals surface area contributed by atoms with E-state index < -0.39 is 5.97 Å². The monoisotopic (exact) mass is 267 g/mol. The minimum absolute atomic E-state index is 0.267. The van der Waals surface area contributed by atoms with Crippen molar-refractivity contribution in [1.29, 1.82) is 0 Å². The smallest absolute Gasteiger partial charge is 0.347 e. The van der Waals surface area contributed by atoms with Crippen molar-refractivity contribution in [3.8, 4) is 10.6 Å². The number of aromatic nitrogens is 1. The van der Waals surface area contributed by atoms with E-state index in [1.54, 1.807) is 11.8 Å². The Morgan fingerprint density at radius 2 is 1.88 bits per heavy atom. The van der Waals surface area contributed by atoms with Crippen molar-refractivity contribution in [2.75, 3.05) is 12.5 Å². The van der Waals surface area contributed by atoms with Gasteiger partial charge in [-0.1, -0.05) is 30.3 Å². The number of carboxylic acid groups (broad SMARTS) is 1. The van der Waals surface area contributed by atoms with E-state index in [1.807, 2.05) is 42.8 Å². The van der Waals surface area contributed by atoms with Crippen LogP contribution in [0.3, 0.4) is 0 Å². The molecule has 0 fully saturated rings. The minimum atomic E-state index is -0.926. The lowest BCUT2D eigenvalue weighted by molar-refractivity contribution is 0.0702. The first-order valence-electron chi connectivity index (χ1n) is 4.83. The van der Waals surface area contributed by atoms with E-state index in [2.05, 4.69) is 4.98 Å². The Morgan fingerprint density at radius 3 is 2.35 bits per heavy atom. The topological polar surface area (TPSA) is 50.2 Å². The van der Waals surface area contributed by atoms with E-state index in [0.717, 1.165) is 10.6 Å². The van der Waals surface area contributed by atoms with Crippen LogP contribution in [0.2, 0.25) is 0 Å². The van der Waals surface area contributed by atoms with Crippen molar-refractivity contribution >= 4 is 29.1 Å². The molecule has 0 radical (unpaired) electrons. The summed E-state index contributed by atoms with van der Waals surface area (Å²) in [5.41, 5.74) is 0.949. The molecule has 0 atom stereocenters. The molecule has 17 heavy (non-hydrogen) atoms. The first kappa shape index (κ1) is 13.7. The lowest BCUT2D eigenvalue weighted by atomic mass is 10.2. The van der Waals surface area contributed by atoms with Gasteiger partial charge in [0.15, 0.2) is 0 Å². The van der Waals surface area contributed by atoms with Gasteiger partial charge in [0.2, 0.25) is 0 Å². The van der Waals surface area contributed by atoms with Crippen LogP contribution in [0.25, 0.3) is 10.6 Å². The Kier molecular flexibility index (Phi) is 5.72. The van der Waals surface area contributed by atoms with Gasteiger partial charge in [-0.05, 0) is 12.5 Å². The largest absolute Gasteiger partial charge is 0.477 e. The van der Waals surface area contributed by atoms with Gasteiger partial charge in [0.1, 0.15) is 9.88 Å². The lowest BCUT2D eigenvalue weighted by Crippen LogP contribution is -1.89. The van der Waals surface area contributed by atoms with Crippen LogP contribution >= 0.6 is 23.1 Å². The first-order valence-corrected chi connectivity index (χ1v) is 7.28. The van der Waals surface area contributed by atoms with Crippen molar-refractivity contribution < 1.29 is 9.90 Å². The zero-order chi connectivity index (χ0) is 12.7. The fourth-order valence-electron chi connectivity index (χ4n) is 1.09. The molecule has 2 aromatic rings. The number of rotatable bonds is 2. The van der Waals surface area contributed by atoms with Gasteiger partial charge in [-0.3, -0.25) is 0 Å². The van der Waals surface area contributed by atoms with Crippen LogP contribution in [-0.2, 0) is 0 Å². The highest BCUT2D eigenvalue weighted by atomic mass is 32.2. The summed E-state index contributed by atoms with van der Waals surface area (Å²) in [6.45, 7) is 0. The van der Waals surface area contributed by atoms with E-state index in [9.17, 15) is 4.79 Å². The molecule has 1 heterocycles. The van der Waals surface area contributed by atoms with Gasteiger partial charge in [-0.15, -0.1) is 11.3 Å². The zero-order valence-electron chi connectivity index (χ0n) is 9.58. The molecule has 2 rings (SSSR count). The zero-order valence-corrected chi connectivity index (χ0v) is 11.2. The summed E-state index contributed by atoms with van der Waals surface area (Å²) in [7, 11) is 0. The summed E-state index contributed by atoms with van der Waals surface area (Å²) in [4.78, 5) is 14.9. The molecule has 3 nitrogen and oxygen atoms in total. The summed E-state index contributed by atoms with van der Waals surface area (Å²) in [6, 6.07) is 9.53. The van der Waals surface area contributed by atoms with E-state index in [0.29, 0.717) is 0 Å².